The Hall–Kier alpha value is -1.13. The monoisotopic (exact) mass is 305 g/mol. The fourth-order valence-corrected chi connectivity index (χ4v) is 2.56. The topological polar surface area (TPSA) is 43.8 Å². The van der Waals surface area contributed by atoms with Gasteiger partial charge in [0.15, 0.2) is 0 Å². The molecule has 1 aliphatic rings. The minimum absolute atomic E-state index is 0.160. The third kappa shape index (κ3) is 1.89. The molecule has 2 aromatic rings. The molecule has 0 radical (unpaired) electrons. The van der Waals surface area contributed by atoms with Crippen LogP contribution >= 0.6 is 15.9 Å². The van der Waals surface area contributed by atoms with Crippen LogP contribution in [-0.2, 0) is 5.41 Å². The number of hydrogen-bond donors (Lipinski definition) is 1. The Labute approximate surface area is 115 Å². The van der Waals surface area contributed by atoms with Crippen LogP contribution in [-0.4, -0.2) is 16.3 Å². The average Bonchev–Trinajstić information content (AvgIpc) is 3.02. The van der Waals surface area contributed by atoms with Crippen molar-refractivity contribution in [1.82, 2.24) is 9.78 Å². The van der Waals surface area contributed by atoms with Crippen LogP contribution in [0.3, 0.4) is 0 Å². The van der Waals surface area contributed by atoms with Crippen molar-refractivity contribution in [3.05, 3.63) is 46.2 Å². The third-order valence-electron chi connectivity index (χ3n) is 3.80. The Kier molecular flexibility index (Phi) is 2.79. The lowest BCUT2D eigenvalue weighted by atomic mass is 10.0. The molecule has 1 heterocycles. The summed E-state index contributed by atoms with van der Waals surface area (Å²) in [5, 5.41) is 4.67. The lowest BCUT2D eigenvalue weighted by Crippen LogP contribution is -2.20. The van der Waals surface area contributed by atoms with Crippen molar-refractivity contribution in [3.63, 3.8) is 0 Å². The minimum Gasteiger partial charge on any atom is -0.330 e. The van der Waals surface area contributed by atoms with Crippen LogP contribution in [0.25, 0.3) is 5.69 Å². The molecule has 0 amide bonds. The first-order valence-electron chi connectivity index (χ1n) is 6.17. The lowest BCUT2D eigenvalue weighted by Gasteiger charge is -2.08. The van der Waals surface area contributed by atoms with E-state index in [0.29, 0.717) is 6.54 Å². The van der Waals surface area contributed by atoms with Gasteiger partial charge in [-0.25, -0.2) is 4.68 Å². The van der Waals surface area contributed by atoms with E-state index >= 15 is 0 Å². The van der Waals surface area contributed by atoms with E-state index in [-0.39, 0.29) is 5.41 Å². The highest BCUT2D eigenvalue weighted by Crippen LogP contribution is 2.46. The first-order chi connectivity index (χ1) is 8.64. The molecular weight excluding hydrogens is 290 g/mol. The maximum Gasteiger partial charge on any atom is 0.0703 e. The van der Waals surface area contributed by atoms with Gasteiger partial charge < -0.3 is 5.73 Å². The van der Waals surface area contributed by atoms with Crippen molar-refractivity contribution in [2.75, 3.05) is 6.54 Å². The normalized spacial score (nSPS) is 16.8. The van der Waals surface area contributed by atoms with Gasteiger partial charge >= 0.3 is 0 Å². The molecule has 0 saturated heterocycles. The Morgan fingerprint density at radius 2 is 2.17 bits per heavy atom. The standard InChI is InChI=1S/C14H16BrN3/c1-10-2-3-11(8-12(10)15)18-7-4-13(17-18)14(9-16)5-6-14/h2-4,7-8H,5-6,9,16H2,1H3. The van der Waals surface area contributed by atoms with E-state index in [1.165, 1.54) is 5.56 Å². The summed E-state index contributed by atoms with van der Waals surface area (Å²) >= 11 is 3.55. The second kappa shape index (κ2) is 4.21. The average molecular weight is 306 g/mol. The van der Waals surface area contributed by atoms with E-state index in [9.17, 15) is 0 Å². The first-order valence-corrected chi connectivity index (χ1v) is 6.97. The van der Waals surface area contributed by atoms with Gasteiger partial charge in [-0.15, -0.1) is 0 Å². The molecule has 1 aliphatic carbocycles. The van der Waals surface area contributed by atoms with Gasteiger partial charge in [0.1, 0.15) is 0 Å². The summed E-state index contributed by atoms with van der Waals surface area (Å²) in [6.45, 7) is 2.78. The predicted molar refractivity (Wildman–Crippen MR) is 76.0 cm³/mol. The van der Waals surface area contributed by atoms with Gasteiger partial charge in [-0.05, 0) is 43.5 Å². The number of aryl methyl sites for hydroxylation is 1. The van der Waals surface area contributed by atoms with Crippen LogP contribution in [0.2, 0.25) is 0 Å². The smallest absolute Gasteiger partial charge is 0.0703 e. The van der Waals surface area contributed by atoms with Crippen LogP contribution in [0.5, 0.6) is 0 Å². The van der Waals surface area contributed by atoms with Crippen molar-refractivity contribution in [3.8, 4) is 5.69 Å². The van der Waals surface area contributed by atoms with E-state index < -0.39 is 0 Å². The van der Waals surface area contributed by atoms with Gasteiger partial charge in [0.2, 0.25) is 0 Å². The van der Waals surface area contributed by atoms with Gasteiger partial charge in [-0.1, -0.05) is 22.0 Å². The molecule has 4 heteroatoms. The Balaban J connectivity index is 1.95. The first kappa shape index (κ1) is 11.9. The molecule has 1 fully saturated rings. The van der Waals surface area contributed by atoms with Crippen molar-refractivity contribution >= 4 is 15.9 Å². The van der Waals surface area contributed by atoms with E-state index in [1.54, 1.807) is 0 Å². The van der Waals surface area contributed by atoms with E-state index in [2.05, 4.69) is 52.2 Å². The number of aromatic nitrogens is 2. The summed E-state index contributed by atoms with van der Waals surface area (Å²) in [6, 6.07) is 8.36. The number of rotatable bonds is 3. The van der Waals surface area contributed by atoms with Crippen molar-refractivity contribution in [2.45, 2.75) is 25.2 Å². The van der Waals surface area contributed by atoms with Gasteiger partial charge in [-0.3, -0.25) is 0 Å². The van der Waals surface area contributed by atoms with Crippen LogP contribution in [0.4, 0.5) is 0 Å². The second-order valence-corrected chi connectivity index (χ2v) is 5.92. The SMILES string of the molecule is Cc1ccc(-n2ccc(C3(CN)CC3)n2)cc1Br. The van der Waals surface area contributed by atoms with E-state index in [1.807, 2.05) is 10.9 Å². The highest BCUT2D eigenvalue weighted by atomic mass is 79.9. The van der Waals surface area contributed by atoms with Gasteiger partial charge in [-0.2, -0.15) is 5.10 Å². The number of benzene rings is 1. The van der Waals surface area contributed by atoms with Crippen molar-refractivity contribution in [2.24, 2.45) is 5.73 Å². The molecule has 0 unspecified atom stereocenters. The zero-order valence-corrected chi connectivity index (χ0v) is 11.9. The predicted octanol–water partition coefficient (Wildman–Crippen LogP) is 2.93. The van der Waals surface area contributed by atoms with Crippen molar-refractivity contribution in [1.29, 1.82) is 0 Å². The van der Waals surface area contributed by atoms with Gasteiger partial charge in [0.25, 0.3) is 0 Å². The molecule has 0 atom stereocenters. The van der Waals surface area contributed by atoms with Gasteiger partial charge in [0.05, 0.1) is 11.4 Å². The molecule has 0 spiro atoms. The Bertz CT molecular complexity index is 584. The molecular formula is C14H16BrN3. The molecule has 3 rings (SSSR count). The van der Waals surface area contributed by atoms with Crippen LogP contribution in [0.15, 0.2) is 34.9 Å². The molecule has 18 heavy (non-hydrogen) atoms. The summed E-state index contributed by atoms with van der Waals surface area (Å²) in [5.41, 5.74) is 9.43. The zero-order valence-electron chi connectivity index (χ0n) is 10.4. The highest BCUT2D eigenvalue weighted by Gasteiger charge is 2.44. The maximum atomic E-state index is 5.84. The van der Waals surface area contributed by atoms with E-state index in [4.69, 9.17) is 5.73 Å². The van der Waals surface area contributed by atoms with Crippen LogP contribution < -0.4 is 5.73 Å². The quantitative estimate of drug-likeness (QED) is 0.947. The Morgan fingerprint density at radius 3 is 2.78 bits per heavy atom. The van der Waals surface area contributed by atoms with Crippen LogP contribution in [0.1, 0.15) is 24.1 Å². The van der Waals surface area contributed by atoms with Crippen LogP contribution in [0, 0.1) is 6.92 Å². The molecule has 1 aromatic heterocycles. The molecule has 0 aliphatic heterocycles. The minimum atomic E-state index is 0.160. The number of hydrogen-bond acceptors (Lipinski definition) is 2. The second-order valence-electron chi connectivity index (χ2n) is 5.06. The summed E-state index contributed by atoms with van der Waals surface area (Å²) in [4.78, 5) is 0. The number of nitrogens with two attached hydrogens (primary N) is 1. The zero-order chi connectivity index (χ0) is 12.8. The molecule has 3 nitrogen and oxygen atoms in total. The van der Waals surface area contributed by atoms with E-state index in [0.717, 1.165) is 28.7 Å². The van der Waals surface area contributed by atoms with Crippen molar-refractivity contribution < 1.29 is 0 Å². The number of halogens is 1. The third-order valence-corrected chi connectivity index (χ3v) is 4.65. The summed E-state index contributed by atoms with van der Waals surface area (Å²) in [5.74, 6) is 0. The highest BCUT2D eigenvalue weighted by molar-refractivity contribution is 9.10. The fraction of sp³-hybridized carbons (Fsp3) is 0.357. The summed E-state index contributed by atoms with van der Waals surface area (Å²) < 4.78 is 3.03. The summed E-state index contributed by atoms with van der Waals surface area (Å²) in [7, 11) is 0. The fourth-order valence-electron chi connectivity index (χ4n) is 2.19. The maximum absolute atomic E-state index is 5.84. The molecule has 1 aromatic carbocycles. The lowest BCUT2D eigenvalue weighted by molar-refractivity contribution is 0.661. The molecule has 0 bridgehead atoms. The number of nitrogens with zero attached hydrogens (tertiary/aromatic N) is 2. The summed E-state index contributed by atoms with van der Waals surface area (Å²) in [6.07, 6.45) is 4.35. The molecule has 1 saturated carbocycles. The molecule has 2 N–H and O–H groups in total. The molecule has 94 valence electrons. The largest absolute Gasteiger partial charge is 0.330 e. The Morgan fingerprint density at radius 1 is 1.39 bits per heavy atom. The van der Waals surface area contributed by atoms with Gasteiger partial charge in [0, 0.05) is 22.6 Å².